The van der Waals surface area contributed by atoms with E-state index in [9.17, 15) is 18.4 Å². The minimum absolute atomic E-state index is 0.233. The Hall–Kier alpha value is -3.24. The molecule has 0 aromatic heterocycles. The van der Waals surface area contributed by atoms with Crippen LogP contribution in [0.1, 0.15) is 12.5 Å². The first-order valence-corrected chi connectivity index (χ1v) is 6.31. The van der Waals surface area contributed by atoms with Crippen LogP contribution in [0.2, 0.25) is 0 Å². The second-order valence-electron chi connectivity index (χ2n) is 4.69. The fourth-order valence-corrected chi connectivity index (χ4v) is 2.45. The molecule has 0 unspecified atom stereocenters. The average molecular weight is 315 g/mol. The van der Waals surface area contributed by atoms with E-state index in [0.29, 0.717) is 0 Å². The maximum absolute atomic E-state index is 13.8. The number of nitriles is 3. The molecule has 2 rings (SSSR count). The quantitative estimate of drug-likeness (QED) is 0.741. The van der Waals surface area contributed by atoms with E-state index in [0.717, 1.165) is 6.92 Å². The summed E-state index contributed by atoms with van der Waals surface area (Å²) in [6.07, 6.45) is -4.89. The van der Waals surface area contributed by atoms with Crippen LogP contribution in [0.15, 0.2) is 52.8 Å². The van der Waals surface area contributed by atoms with E-state index in [1.807, 2.05) is 0 Å². The van der Waals surface area contributed by atoms with Gasteiger partial charge in [0, 0.05) is 11.1 Å². The number of nitrogens with zero attached hydrogens (tertiary/aromatic N) is 3. The molecule has 1 aromatic carbocycles. The zero-order valence-corrected chi connectivity index (χ0v) is 11.8. The molecule has 0 spiro atoms. The number of halogens is 3. The Morgan fingerprint density at radius 3 is 2.09 bits per heavy atom. The predicted molar refractivity (Wildman–Crippen MR) is 71.8 cm³/mol. The minimum Gasteiger partial charge on any atom is -0.465 e. The zero-order valence-electron chi connectivity index (χ0n) is 11.8. The molecule has 1 heterocycles. The number of ether oxygens (including phenoxy) is 1. The first-order chi connectivity index (χ1) is 10.8. The highest BCUT2D eigenvalue weighted by atomic mass is 19.4. The van der Waals surface area contributed by atoms with Gasteiger partial charge in [-0.15, -0.1) is 0 Å². The lowest BCUT2D eigenvalue weighted by Gasteiger charge is -2.33. The maximum atomic E-state index is 13.8. The molecule has 0 bridgehead atoms. The second kappa shape index (κ2) is 5.51. The van der Waals surface area contributed by atoms with Crippen molar-refractivity contribution in [1.29, 1.82) is 15.8 Å². The van der Waals surface area contributed by atoms with Gasteiger partial charge in [0.1, 0.15) is 18.2 Å². The molecule has 0 radical (unpaired) electrons. The molecule has 1 aromatic rings. The van der Waals surface area contributed by atoms with E-state index in [1.54, 1.807) is 12.1 Å². The summed E-state index contributed by atoms with van der Waals surface area (Å²) < 4.78 is 46.6. The second-order valence-corrected chi connectivity index (χ2v) is 4.69. The lowest BCUT2D eigenvalue weighted by atomic mass is 9.85. The van der Waals surface area contributed by atoms with Crippen LogP contribution in [0.25, 0.3) is 0 Å². The smallest absolute Gasteiger partial charge is 0.436 e. The van der Waals surface area contributed by atoms with Crippen LogP contribution in [0.3, 0.4) is 0 Å². The van der Waals surface area contributed by atoms with Gasteiger partial charge >= 0.3 is 6.18 Å². The van der Waals surface area contributed by atoms with Gasteiger partial charge in [-0.2, -0.15) is 29.0 Å². The SMILES string of the molecule is CC1=C(C#N)C(=C(C#N)C#N)O[C@]1(c1ccccc1)C(F)(F)F. The standard InChI is InChI=1S/C16H8F3N3O/c1-10-13(9-22)14(11(7-20)8-21)23-15(10,16(17,18)19)12-5-3-2-4-6-12/h2-6H,1H3/t15-/m1/s1. The summed E-state index contributed by atoms with van der Waals surface area (Å²) in [5.74, 6) is -0.642. The van der Waals surface area contributed by atoms with Gasteiger partial charge in [0.2, 0.25) is 0 Å². The van der Waals surface area contributed by atoms with Crippen molar-refractivity contribution in [1.82, 2.24) is 0 Å². The molecule has 1 aliphatic heterocycles. The van der Waals surface area contributed by atoms with E-state index in [1.165, 1.54) is 36.4 Å². The van der Waals surface area contributed by atoms with Crippen molar-refractivity contribution in [3.8, 4) is 18.2 Å². The molecule has 0 saturated heterocycles. The summed E-state index contributed by atoms with van der Waals surface area (Å²) in [6, 6.07) is 11.3. The molecule has 0 N–H and O–H groups in total. The number of hydrogen-bond donors (Lipinski definition) is 0. The highest BCUT2D eigenvalue weighted by Gasteiger charge is 2.64. The number of rotatable bonds is 1. The predicted octanol–water partition coefficient (Wildman–Crippen LogP) is 3.62. The van der Waals surface area contributed by atoms with E-state index in [4.69, 9.17) is 15.3 Å². The van der Waals surface area contributed by atoms with E-state index >= 15 is 0 Å². The zero-order chi connectivity index (χ0) is 17.3. The minimum atomic E-state index is -4.89. The molecular weight excluding hydrogens is 307 g/mol. The van der Waals surface area contributed by atoms with Crippen LogP contribution in [0.5, 0.6) is 0 Å². The molecule has 0 fully saturated rings. The van der Waals surface area contributed by atoms with Gasteiger partial charge in [-0.1, -0.05) is 30.3 Å². The Kier molecular flexibility index (Phi) is 3.87. The van der Waals surface area contributed by atoms with Gasteiger partial charge in [-0.05, 0) is 6.92 Å². The number of allylic oxidation sites excluding steroid dienone is 2. The van der Waals surface area contributed by atoms with Crippen molar-refractivity contribution < 1.29 is 17.9 Å². The third-order valence-corrected chi connectivity index (χ3v) is 3.53. The van der Waals surface area contributed by atoms with Crippen LogP contribution in [0, 0.1) is 34.0 Å². The molecule has 1 atom stereocenters. The topological polar surface area (TPSA) is 80.6 Å². The van der Waals surface area contributed by atoms with Crippen molar-refractivity contribution in [2.24, 2.45) is 0 Å². The average Bonchev–Trinajstić information content (AvgIpc) is 2.83. The van der Waals surface area contributed by atoms with E-state index < -0.39 is 34.3 Å². The summed E-state index contributed by atoms with van der Waals surface area (Å²) in [5, 5.41) is 27.0. The van der Waals surface area contributed by atoms with Crippen molar-refractivity contribution in [2.75, 3.05) is 0 Å². The number of hydrogen-bond acceptors (Lipinski definition) is 4. The third kappa shape index (κ3) is 2.22. The summed E-state index contributed by atoms with van der Waals surface area (Å²) >= 11 is 0. The van der Waals surface area contributed by atoms with Gasteiger partial charge < -0.3 is 4.74 Å². The monoisotopic (exact) mass is 315 g/mol. The Morgan fingerprint density at radius 2 is 1.65 bits per heavy atom. The summed E-state index contributed by atoms with van der Waals surface area (Å²) in [4.78, 5) is 0. The first-order valence-electron chi connectivity index (χ1n) is 6.31. The fraction of sp³-hybridized carbons (Fsp3) is 0.188. The van der Waals surface area contributed by atoms with Crippen LogP contribution >= 0.6 is 0 Å². The summed E-state index contributed by atoms with van der Waals surface area (Å²) in [7, 11) is 0. The van der Waals surface area contributed by atoms with Crippen LogP contribution in [0.4, 0.5) is 13.2 Å². The lowest BCUT2D eigenvalue weighted by Crippen LogP contribution is -2.43. The fourth-order valence-electron chi connectivity index (χ4n) is 2.45. The van der Waals surface area contributed by atoms with E-state index in [-0.39, 0.29) is 5.56 Å². The molecule has 0 amide bonds. The molecule has 7 heteroatoms. The Bertz CT molecular complexity index is 817. The first kappa shape index (κ1) is 16.1. The largest absolute Gasteiger partial charge is 0.465 e. The van der Waals surface area contributed by atoms with Crippen LogP contribution < -0.4 is 0 Å². The molecule has 114 valence electrons. The lowest BCUT2D eigenvalue weighted by molar-refractivity contribution is -0.250. The number of alkyl halides is 3. The third-order valence-electron chi connectivity index (χ3n) is 3.53. The molecule has 1 aliphatic rings. The Labute approximate surface area is 129 Å². The van der Waals surface area contributed by atoms with Gasteiger partial charge in [-0.25, -0.2) is 0 Å². The van der Waals surface area contributed by atoms with Gasteiger partial charge in [0.15, 0.2) is 11.3 Å². The van der Waals surface area contributed by atoms with E-state index in [2.05, 4.69) is 0 Å². The molecular formula is C16H8F3N3O. The van der Waals surface area contributed by atoms with Crippen molar-refractivity contribution >= 4 is 0 Å². The summed E-state index contributed by atoms with van der Waals surface area (Å²) in [5.41, 5.74) is -4.67. The molecule has 0 saturated carbocycles. The highest BCUT2D eigenvalue weighted by molar-refractivity contribution is 5.59. The van der Waals surface area contributed by atoms with Crippen molar-refractivity contribution in [3.63, 3.8) is 0 Å². The van der Waals surface area contributed by atoms with Crippen molar-refractivity contribution in [2.45, 2.75) is 18.7 Å². The van der Waals surface area contributed by atoms with Crippen molar-refractivity contribution in [3.05, 3.63) is 58.4 Å². The molecule has 0 aliphatic carbocycles. The Balaban J connectivity index is 2.87. The van der Waals surface area contributed by atoms with Crippen LogP contribution in [-0.2, 0) is 10.3 Å². The summed E-state index contributed by atoms with van der Waals surface area (Å²) in [6.45, 7) is 1.11. The van der Waals surface area contributed by atoms with Crippen LogP contribution in [-0.4, -0.2) is 6.18 Å². The molecule has 4 nitrogen and oxygen atoms in total. The maximum Gasteiger partial charge on any atom is 0.436 e. The molecule has 23 heavy (non-hydrogen) atoms. The highest BCUT2D eigenvalue weighted by Crippen LogP contribution is 2.54. The Morgan fingerprint density at radius 1 is 1.09 bits per heavy atom. The van der Waals surface area contributed by atoms with Gasteiger partial charge in [0.05, 0.1) is 5.57 Å². The normalized spacial score (nSPS) is 20.3. The number of benzene rings is 1. The van der Waals surface area contributed by atoms with Gasteiger partial charge in [0.25, 0.3) is 5.60 Å². The van der Waals surface area contributed by atoms with Gasteiger partial charge in [-0.3, -0.25) is 0 Å².